The Morgan fingerprint density at radius 1 is 1.12 bits per heavy atom. The number of hydrogen-bond donors (Lipinski definition) is 2. The minimum absolute atomic E-state index is 0.0785. The zero-order valence-corrected chi connectivity index (χ0v) is 15.8. The fourth-order valence-corrected chi connectivity index (χ4v) is 3.37. The van der Waals surface area contributed by atoms with Crippen LogP contribution in [0.2, 0.25) is 0 Å². The number of primary amides is 1. The molecule has 26 heavy (non-hydrogen) atoms. The Hall–Kier alpha value is -2.21. The van der Waals surface area contributed by atoms with Crippen LogP contribution in [-0.2, 0) is 21.4 Å². The number of halogens is 2. The van der Waals surface area contributed by atoms with Gasteiger partial charge in [-0.3, -0.25) is 9.59 Å². The largest absolute Gasteiger partial charge is 0.369 e. The summed E-state index contributed by atoms with van der Waals surface area (Å²) in [7, 11) is 0. The highest BCUT2D eigenvalue weighted by molar-refractivity contribution is 9.10. The number of nitrogens with two attached hydrogens (primary N) is 1. The average Bonchev–Trinajstić information content (AvgIpc) is 3.42. The molecule has 3 N–H and O–H groups in total. The molecule has 0 aromatic heterocycles. The predicted octanol–water partition coefficient (Wildman–Crippen LogP) is 3.08. The van der Waals surface area contributed by atoms with Gasteiger partial charge in [-0.25, -0.2) is 4.39 Å². The number of hydrogen-bond acceptors (Lipinski definition) is 2. The van der Waals surface area contributed by atoms with Gasteiger partial charge < -0.3 is 11.1 Å². The highest BCUT2D eigenvalue weighted by Crippen LogP contribution is 2.48. The first-order valence-corrected chi connectivity index (χ1v) is 9.28. The SMILES string of the molecule is NC(=O)C(CNC(=O)C1(c2ccc(Br)cc2)CC1)Cc1ccc(F)cc1. The van der Waals surface area contributed by atoms with Crippen molar-refractivity contribution in [1.82, 2.24) is 5.32 Å². The lowest BCUT2D eigenvalue weighted by atomic mass is 9.94. The van der Waals surface area contributed by atoms with E-state index in [-0.39, 0.29) is 18.3 Å². The van der Waals surface area contributed by atoms with Crippen molar-refractivity contribution in [1.29, 1.82) is 0 Å². The van der Waals surface area contributed by atoms with Crippen molar-refractivity contribution < 1.29 is 14.0 Å². The highest BCUT2D eigenvalue weighted by atomic mass is 79.9. The summed E-state index contributed by atoms with van der Waals surface area (Å²) in [6.45, 7) is 0.170. The maximum absolute atomic E-state index is 13.0. The first-order chi connectivity index (χ1) is 12.4. The van der Waals surface area contributed by atoms with Gasteiger partial charge in [-0.1, -0.05) is 40.2 Å². The summed E-state index contributed by atoms with van der Waals surface area (Å²) in [5.74, 6) is -1.43. The van der Waals surface area contributed by atoms with Gasteiger partial charge in [0.25, 0.3) is 0 Å². The number of amides is 2. The lowest BCUT2D eigenvalue weighted by Crippen LogP contribution is -2.41. The molecule has 6 heteroatoms. The topological polar surface area (TPSA) is 72.2 Å². The van der Waals surface area contributed by atoms with E-state index in [1.165, 1.54) is 12.1 Å². The molecule has 1 unspecified atom stereocenters. The van der Waals surface area contributed by atoms with E-state index in [0.29, 0.717) is 6.42 Å². The van der Waals surface area contributed by atoms with Gasteiger partial charge in [-0.05, 0) is 54.7 Å². The fraction of sp³-hybridized carbons (Fsp3) is 0.300. The molecule has 0 heterocycles. The van der Waals surface area contributed by atoms with Crippen LogP contribution in [0.25, 0.3) is 0 Å². The molecule has 0 radical (unpaired) electrons. The van der Waals surface area contributed by atoms with Crippen LogP contribution in [0, 0.1) is 11.7 Å². The molecule has 1 aliphatic rings. The van der Waals surface area contributed by atoms with Crippen molar-refractivity contribution in [3.8, 4) is 0 Å². The van der Waals surface area contributed by atoms with Gasteiger partial charge >= 0.3 is 0 Å². The van der Waals surface area contributed by atoms with Gasteiger partial charge in [0.05, 0.1) is 11.3 Å². The zero-order valence-electron chi connectivity index (χ0n) is 14.2. The van der Waals surface area contributed by atoms with Crippen LogP contribution in [0.5, 0.6) is 0 Å². The summed E-state index contributed by atoms with van der Waals surface area (Å²) in [6.07, 6.45) is 1.94. The van der Waals surface area contributed by atoms with E-state index in [0.717, 1.165) is 28.4 Å². The standard InChI is InChI=1S/C20H20BrFN2O2/c21-16-5-3-15(4-6-16)20(9-10-20)19(26)24-12-14(18(23)25)11-13-1-7-17(22)8-2-13/h1-8,14H,9-12H2,(H2,23,25)(H,24,26). The van der Waals surface area contributed by atoms with Crippen molar-refractivity contribution in [2.24, 2.45) is 11.7 Å². The van der Waals surface area contributed by atoms with Crippen molar-refractivity contribution in [3.05, 3.63) is 69.9 Å². The Labute approximate surface area is 160 Å². The maximum Gasteiger partial charge on any atom is 0.230 e. The van der Waals surface area contributed by atoms with Crippen molar-refractivity contribution in [3.63, 3.8) is 0 Å². The lowest BCUT2D eigenvalue weighted by molar-refractivity contribution is -0.125. The highest BCUT2D eigenvalue weighted by Gasteiger charge is 2.51. The van der Waals surface area contributed by atoms with Crippen LogP contribution in [0.4, 0.5) is 4.39 Å². The normalized spacial score (nSPS) is 15.9. The predicted molar refractivity (Wildman–Crippen MR) is 101 cm³/mol. The Kier molecular flexibility index (Phi) is 5.41. The van der Waals surface area contributed by atoms with Gasteiger partial charge in [-0.15, -0.1) is 0 Å². The molecule has 1 fully saturated rings. The quantitative estimate of drug-likeness (QED) is 0.724. The summed E-state index contributed by atoms with van der Waals surface area (Å²) in [4.78, 5) is 24.5. The fourth-order valence-electron chi connectivity index (χ4n) is 3.10. The molecule has 3 rings (SSSR count). The second-order valence-corrected chi connectivity index (χ2v) is 7.64. The van der Waals surface area contributed by atoms with Gasteiger partial charge in [0, 0.05) is 11.0 Å². The van der Waals surface area contributed by atoms with Crippen molar-refractivity contribution in [2.75, 3.05) is 6.54 Å². The Balaban J connectivity index is 1.63. The molecule has 2 amide bonds. The Morgan fingerprint density at radius 2 is 1.73 bits per heavy atom. The molecular formula is C20H20BrFN2O2. The van der Waals surface area contributed by atoms with E-state index in [4.69, 9.17) is 5.73 Å². The van der Waals surface area contributed by atoms with Crippen LogP contribution in [-0.4, -0.2) is 18.4 Å². The van der Waals surface area contributed by atoms with Crippen LogP contribution in [0.3, 0.4) is 0 Å². The molecule has 2 aromatic rings. The zero-order chi connectivity index (χ0) is 18.7. The smallest absolute Gasteiger partial charge is 0.230 e. The van der Waals surface area contributed by atoms with E-state index in [9.17, 15) is 14.0 Å². The van der Waals surface area contributed by atoms with E-state index in [2.05, 4.69) is 21.2 Å². The number of nitrogens with one attached hydrogen (secondary N) is 1. The van der Waals surface area contributed by atoms with Crippen LogP contribution < -0.4 is 11.1 Å². The van der Waals surface area contributed by atoms with Gasteiger partial charge in [0.15, 0.2) is 0 Å². The summed E-state index contributed by atoms with van der Waals surface area (Å²) in [6, 6.07) is 13.7. The van der Waals surface area contributed by atoms with Gasteiger partial charge in [0.2, 0.25) is 11.8 Å². The molecule has 0 aliphatic heterocycles. The Morgan fingerprint density at radius 3 is 2.27 bits per heavy atom. The first kappa shape index (κ1) is 18.6. The second kappa shape index (κ2) is 7.58. The van der Waals surface area contributed by atoms with E-state index >= 15 is 0 Å². The van der Waals surface area contributed by atoms with E-state index in [1.54, 1.807) is 12.1 Å². The molecule has 0 bridgehead atoms. The Bertz CT molecular complexity index is 802. The molecule has 0 saturated heterocycles. The maximum atomic E-state index is 13.0. The van der Waals surface area contributed by atoms with Gasteiger partial charge in [0.1, 0.15) is 5.82 Å². The number of carbonyl (C=O) groups excluding carboxylic acids is 2. The van der Waals surface area contributed by atoms with Crippen LogP contribution >= 0.6 is 15.9 Å². The number of rotatable bonds is 7. The summed E-state index contributed by atoms with van der Waals surface area (Å²) in [5.41, 5.74) is 6.77. The summed E-state index contributed by atoms with van der Waals surface area (Å²) < 4.78 is 14.0. The van der Waals surface area contributed by atoms with Crippen LogP contribution in [0.15, 0.2) is 53.0 Å². The average molecular weight is 419 g/mol. The third-order valence-corrected chi connectivity index (χ3v) is 5.42. The van der Waals surface area contributed by atoms with E-state index < -0.39 is 17.2 Å². The second-order valence-electron chi connectivity index (χ2n) is 6.73. The molecule has 136 valence electrons. The molecule has 0 spiro atoms. The lowest BCUT2D eigenvalue weighted by Gasteiger charge is -2.19. The minimum Gasteiger partial charge on any atom is -0.369 e. The molecule has 1 atom stereocenters. The first-order valence-electron chi connectivity index (χ1n) is 8.49. The minimum atomic E-state index is -0.537. The van der Waals surface area contributed by atoms with E-state index in [1.807, 2.05) is 24.3 Å². The summed E-state index contributed by atoms with van der Waals surface area (Å²) in [5, 5.41) is 2.89. The molecular weight excluding hydrogens is 399 g/mol. The summed E-state index contributed by atoms with van der Waals surface area (Å²) >= 11 is 3.40. The molecule has 1 saturated carbocycles. The van der Waals surface area contributed by atoms with Gasteiger partial charge in [-0.2, -0.15) is 0 Å². The monoisotopic (exact) mass is 418 g/mol. The van der Waals surface area contributed by atoms with Crippen LogP contribution in [0.1, 0.15) is 24.0 Å². The number of carbonyl (C=O) groups is 2. The molecule has 4 nitrogen and oxygen atoms in total. The molecule has 2 aromatic carbocycles. The van der Waals surface area contributed by atoms with Crippen molar-refractivity contribution in [2.45, 2.75) is 24.7 Å². The third kappa shape index (κ3) is 4.12. The molecule has 1 aliphatic carbocycles. The third-order valence-electron chi connectivity index (χ3n) is 4.89. The number of benzene rings is 2. The van der Waals surface area contributed by atoms with Crippen molar-refractivity contribution >= 4 is 27.7 Å².